The van der Waals surface area contributed by atoms with E-state index in [9.17, 15) is 9.90 Å². The number of likely N-dealkylation sites (tertiary alicyclic amines) is 1. The molecule has 1 heterocycles. The molecule has 25 heavy (non-hydrogen) atoms. The maximum absolute atomic E-state index is 13.1. The maximum atomic E-state index is 13.1. The average molecular weight is 337 g/mol. The minimum absolute atomic E-state index is 0.0372. The third-order valence-electron chi connectivity index (χ3n) is 5.12. The van der Waals surface area contributed by atoms with Gasteiger partial charge in [-0.2, -0.15) is 0 Å². The number of carbonyl (C=O) groups is 1. The minimum Gasteiger partial charge on any atom is -0.383 e. The number of aliphatic hydroxyl groups is 1. The lowest BCUT2D eigenvalue weighted by Gasteiger charge is -2.33. The number of amides is 1. The molecule has 0 spiro atoms. The number of nitrogens with zero attached hydrogens (tertiary/aromatic N) is 1. The van der Waals surface area contributed by atoms with E-state index in [1.807, 2.05) is 41.3 Å². The van der Waals surface area contributed by atoms with Gasteiger partial charge in [0.25, 0.3) is 5.91 Å². The standard InChI is InChI=1S/C22H27NO2/c1-2-3-14-21(24)22(25)23-19(17-10-6-4-7-11-17)15-16-20(23)18-12-8-5-9-13-18/h4-13,19-21,24H,2-3,14-16H2,1H3/t19-,20-,21+/m0/s1. The molecule has 2 aromatic carbocycles. The summed E-state index contributed by atoms with van der Waals surface area (Å²) in [6.07, 6.45) is 3.33. The lowest BCUT2D eigenvalue weighted by Crippen LogP contribution is -2.40. The fraction of sp³-hybridized carbons (Fsp3) is 0.409. The van der Waals surface area contributed by atoms with Crippen molar-refractivity contribution in [2.24, 2.45) is 0 Å². The summed E-state index contributed by atoms with van der Waals surface area (Å²) in [6.45, 7) is 2.08. The Bertz CT molecular complexity index is 623. The van der Waals surface area contributed by atoms with Gasteiger partial charge in [0.05, 0.1) is 12.1 Å². The zero-order valence-electron chi connectivity index (χ0n) is 14.8. The maximum Gasteiger partial charge on any atom is 0.252 e. The SMILES string of the molecule is CCCC[C@@H](O)C(=O)N1[C@H](c2ccccc2)CC[C@H]1c1ccccc1. The molecule has 1 amide bonds. The molecule has 2 aromatic rings. The van der Waals surface area contributed by atoms with E-state index in [4.69, 9.17) is 0 Å². The first-order valence-electron chi connectivity index (χ1n) is 9.32. The van der Waals surface area contributed by atoms with Crippen LogP contribution in [-0.2, 0) is 4.79 Å². The topological polar surface area (TPSA) is 40.5 Å². The lowest BCUT2D eigenvalue weighted by atomic mass is 10.0. The Kier molecular flexibility index (Phi) is 5.87. The second-order valence-corrected chi connectivity index (χ2v) is 6.83. The molecule has 0 unspecified atom stereocenters. The van der Waals surface area contributed by atoms with Crippen LogP contribution in [0, 0.1) is 0 Å². The smallest absolute Gasteiger partial charge is 0.252 e. The van der Waals surface area contributed by atoms with Crippen LogP contribution in [-0.4, -0.2) is 22.0 Å². The summed E-state index contributed by atoms with van der Waals surface area (Å²) in [6, 6.07) is 20.4. The summed E-state index contributed by atoms with van der Waals surface area (Å²) < 4.78 is 0. The Morgan fingerprint density at radius 2 is 1.48 bits per heavy atom. The fourth-order valence-electron chi connectivity index (χ4n) is 3.82. The van der Waals surface area contributed by atoms with E-state index in [1.54, 1.807) is 0 Å². The monoisotopic (exact) mass is 337 g/mol. The summed E-state index contributed by atoms with van der Waals surface area (Å²) in [5, 5.41) is 10.4. The molecular weight excluding hydrogens is 310 g/mol. The average Bonchev–Trinajstić information content (AvgIpc) is 3.12. The molecule has 3 atom stereocenters. The van der Waals surface area contributed by atoms with E-state index in [0.29, 0.717) is 6.42 Å². The molecule has 0 aromatic heterocycles. The lowest BCUT2D eigenvalue weighted by molar-refractivity contribution is -0.144. The molecule has 3 rings (SSSR count). The highest BCUT2D eigenvalue weighted by atomic mass is 16.3. The molecule has 0 saturated carbocycles. The molecule has 3 nitrogen and oxygen atoms in total. The van der Waals surface area contributed by atoms with E-state index in [-0.39, 0.29) is 18.0 Å². The van der Waals surface area contributed by atoms with Gasteiger partial charge in [-0.15, -0.1) is 0 Å². The second-order valence-electron chi connectivity index (χ2n) is 6.83. The third kappa shape index (κ3) is 3.93. The van der Waals surface area contributed by atoms with Crippen molar-refractivity contribution in [2.45, 2.75) is 57.2 Å². The van der Waals surface area contributed by atoms with Crippen molar-refractivity contribution < 1.29 is 9.90 Å². The van der Waals surface area contributed by atoms with Gasteiger partial charge in [0.2, 0.25) is 0 Å². The first-order valence-corrected chi connectivity index (χ1v) is 9.32. The van der Waals surface area contributed by atoms with Crippen LogP contribution in [0.5, 0.6) is 0 Å². The largest absolute Gasteiger partial charge is 0.383 e. The van der Waals surface area contributed by atoms with Gasteiger partial charge in [-0.3, -0.25) is 4.79 Å². The second kappa shape index (κ2) is 8.30. The predicted octanol–water partition coefficient (Wildman–Crippen LogP) is 4.64. The van der Waals surface area contributed by atoms with Crippen LogP contribution in [0.1, 0.15) is 62.2 Å². The predicted molar refractivity (Wildman–Crippen MR) is 100.0 cm³/mol. The highest BCUT2D eigenvalue weighted by Gasteiger charge is 2.40. The van der Waals surface area contributed by atoms with Gasteiger partial charge in [0.1, 0.15) is 6.10 Å². The summed E-state index contributed by atoms with van der Waals surface area (Å²) in [4.78, 5) is 15.0. The van der Waals surface area contributed by atoms with E-state index in [1.165, 1.54) is 0 Å². The van der Waals surface area contributed by atoms with Crippen LogP contribution >= 0.6 is 0 Å². The van der Waals surface area contributed by atoms with E-state index in [2.05, 4.69) is 31.2 Å². The Balaban J connectivity index is 1.90. The normalized spacial score (nSPS) is 21.3. The van der Waals surface area contributed by atoms with E-state index in [0.717, 1.165) is 36.8 Å². The molecule has 1 N–H and O–H groups in total. The van der Waals surface area contributed by atoms with Crippen molar-refractivity contribution in [2.75, 3.05) is 0 Å². The third-order valence-corrected chi connectivity index (χ3v) is 5.12. The van der Waals surface area contributed by atoms with Crippen LogP contribution in [0.4, 0.5) is 0 Å². The molecule has 1 fully saturated rings. The van der Waals surface area contributed by atoms with Crippen LogP contribution in [0.3, 0.4) is 0 Å². The molecule has 0 bridgehead atoms. The highest BCUT2D eigenvalue weighted by molar-refractivity contribution is 5.82. The number of rotatable bonds is 6. The zero-order valence-corrected chi connectivity index (χ0v) is 14.8. The first-order chi connectivity index (χ1) is 12.2. The van der Waals surface area contributed by atoms with Gasteiger partial charge in [-0.25, -0.2) is 0 Å². The Hall–Kier alpha value is -2.13. The van der Waals surface area contributed by atoms with Crippen LogP contribution < -0.4 is 0 Å². The Labute approximate surface area is 150 Å². The Morgan fingerprint density at radius 1 is 1.00 bits per heavy atom. The van der Waals surface area contributed by atoms with Crippen LogP contribution in [0.15, 0.2) is 60.7 Å². The molecule has 0 radical (unpaired) electrons. The molecular formula is C22H27NO2. The van der Waals surface area contributed by atoms with Gasteiger partial charge in [0, 0.05) is 0 Å². The van der Waals surface area contributed by atoms with Crippen molar-refractivity contribution >= 4 is 5.91 Å². The number of carbonyl (C=O) groups excluding carboxylic acids is 1. The number of unbranched alkanes of at least 4 members (excludes halogenated alkanes) is 1. The molecule has 132 valence electrons. The van der Waals surface area contributed by atoms with Gasteiger partial charge < -0.3 is 10.0 Å². The van der Waals surface area contributed by atoms with Crippen molar-refractivity contribution in [3.8, 4) is 0 Å². The van der Waals surface area contributed by atoms with E-state index < -0.39 is 6.10 Å². The van der Waals surface area contributed by atoms with Gasteiger partial charge in [-0.05, 0) is 30.4 Å². The van der Waals surface area contributed by atoms with Crippen molar-refractivity contribution in [3.63, 3.8) is 0 Å². The molecule has 1 aliphatic rings. The van der Waals surface area contributed by atoms with Crippen LogP contribution in [0.2, 0.25) is 0 Å². The quantitative estimate of drug-likeness (QED) is 0.834. The molecule has 1 aliphatic heterocycles. The van der Waals surface area contributed by atoms with E-state index >= 15 is 0 Å². The van der Waals surface area contributed by atoms with Gasteiger partial charge >= 0.3 is 0 Å². The summed E-state index contributed by atoms with van der Waals surface area (Å²) >= 11 is 0. The van der Waals surface area contributed by atoms with Gasteiger partial charge in [0.15, 0.2) is 0 Å². The summed E-state index contributed by atoms with van der Waals surface area (Å²) in [7, 11) is 0. The summed E-state index contributed by atoms with van der Waals surface area (Å²) in [5.41, 5.74) is 2.30. The van der Waals surface area contributed by atoms with Crippen molar-refractivity contribution in [1.29, 1.82) is 0 Å². The van der Waals surface area contributed by atoms with Gasteiger partial charge in [-0.1, -0.05) is 80.4 Å². The molecule has 0 aliphatic carbocycles. The molecule has 1 saturated heterocycles. The Morgan fingerprint density at radius 3 is 1.92 bits per heavy atom. The number of hydrogen-bond donors (Lipinski definition) is 1. The van der Waals surface area contributed by atoms with Crippen molar-refractivity contribution in [3.05, 3.63) is 71.8 Å². The highest BCUT2D eigenvalue weighted by Crippen LogP contribution is 2.44. The number of hydrogen-bond acceptors (Lipinski definition) is 2. The van der Waals surface area contributed by atoms with Crippen molar-refractivity contribution in [1.82, 2.24) is 4.90 Å². The fourth-order valence-corrected chi connectivity index (χ4v) is 3.82. The molecule has 3 heteroatoms. The minimum atomic E-state index is -0.907. The number of aliphatic hydroxyl groups excluding tert-OH is 1. The number of benzene rings is 2. The summed E-state index contributed by atoms with van der Waals surface area (Å²) in [5.74, 6) is -0.131. The first kappa shape index (κ1) is 17.7. The zero-order chi connectivity index (χ0) is 17.6. The van der Waals surface area contributed by atoms with Crippen LogP contribution in [0.25, 0.3) is 0 Å².